The summed E-state index contributed by atoms with van der Waals surface area (Å²) in [5.74, 6) is -0.329. The van der Waals surface area contributed by atoms with Gasteiger partial charge in [0.05, 0.1) is 11.9 Å². The van der Waals surface area contributed by atoms with E-state index < -0.39 is 0 Å². The zero-order valence-electron chi connectivity index (χ0n) is 6.12. The second kappa shape index (κ2) is 4.26. The van der Waals surface area contributed by atoms with Gasteiger partial charge >= 0.3 is 0 Å². The second-order valence-electron chi connectivity index (χ2n) is 2.19. The summed E-state index contributed by atoms with van der Waals surface area (Å²) < 4.78 is 12.2. The van der Waals surface area contributed by atoms with Crippen molar-refractivity contribution in [3.05, 3.63) is 29.8 Å². The molecule has 0 saturated carbocycles. The van der Waals surface area contributed by atoms with Crippen LogP contribution in [0.15, 0.2) is 18.3 Å². The van der Waals surface area contributed by atoms with Gasteiger partial charge in [-0.25, -0.2) is 4.39 Å². The fourth-order valence-electron chi connectivity index (χ4n) is 0.657. The normalized spacial score (nSPS) is 11.9. The van der Waals surface area contributed by atoms with Crippen molar-refractivity contribution < 1.29 is 4.39 Å². The lowest BCUT2D eigenvalue weighted by Crippen LogP contribution is -2.06. The molecule has 1 atom stereocenters. The first kappa shape index (κ1) is 10.3. The number of halogens is 2. The van der Waals surface area contributed by atoms with Gasteiger partial charge in [0.25, 0.3) is 0 Å². The van der Waals surface area contributed by atoms with Crippen LogP contribution in [0.3, 0.4) is 0 Å². The van der Waals surface area contributed by atoms with E-state index in [9.17, 15) is 4.39 Å². The monoisotopic (exact) mass is 176 g/mol. The Morgan fingerprint density at radius 2 is 2.18 bits per heavy atom. The first-order valence-corrected chi connectivity index (χ1v) is 3.07. The van der Waals surface area contributed by atoms with E-state index in [4.69, 9.17) is 5.73 Å². The number of pyridine rings is 1. The van der Waals surface area contributed by atoms with Crippen LogP contribution in [-0.4, -0.2) is 4.98 Å². The third kappa shape index (κ3) is 2.82. The Balaban J connectivity index is 0.000001000. The lowest BCUT2D eigenvalue weighted by Gasteiger charge is -2.01. The van der Waals surface area contributed by atoms with Crippen LogP contribution in [0.25, 0.3) is 0 Å². The van der Waals surface area contributed by atoms with E-state index >= 15 is 0 Å². The summed E-state index contributed by atoms with van der Waals surface area (Å²) in [4.78, 5) is 3.78. The minimum atomic E-state index is -0.329. The van der Waals surface area contributed by atoms with Crippen molar-refractivity contribution >= 4 is 12.4 Å². The molecule has 0 amide bonds. The van der Waals surface area contributed by atoms with E-state index in [-0.39, 0.29) is 24.3 Å². The Kier molecular flexibility index (Phi) is 4.00. The molecule has 1 heterocycles. The topological polar surface area (TPSA) is 38.9 Å². The third-order valence-electron chi connectivity index (χ3n) is 1.22. The largest absolute Gasteiger partial charge is 0.323 e. The van der Waals surface area contributed by atoms with Gasteiger partial charge in [0.15, 0.2) is 0 Å². The Morgan fingerprint density at radius 1 is 1.55 bits per heavy atom. The van der Waals surface area contributed by atoms with Crippen molar-refractivity contribution in [2.24, 2.45) is 5.73 Å². The average Bonchev–Trinajstić information content (AvgIpc) is 1.88. The molecule has 0 aliphatic carbocycles. The van der Waals surface area contributed by atoms with E-state index in [1.54, 1.807) is 13.0 Å². The van der Waals surface area contributed by atoms with Crippen molar-refractivity contribution in [2.75, 3.05) is 0 Å². The Labute approximate surface area is 71.0 Å². The van der Waals surface area contributed by atoms with Gasteiger partial charge < -0.3 is 5.73 Å². The molecule has 2 N–H and O–H groups in total. The van der Waals surface area contributed by atoms with Gasteiger partial charge in [-0.1, -0.05) is 0 Å². The van der Waals surface area contributed by atoms with Crippen molar-refractivity contribution in [3.63, 3.8) is 0 Å². The molecule has 1 rings (SSSR count). The van der Waals surface area contributed by atoms with Gasteiger partial charge in [-0.3, -0.25) is 4.98 Å². The van der Waals surface area contributed by atoms with Crippen LogP contribution in [0, 0.1) is 5.82 Å². The zero-order valence-corrected chi connectivity index (χ0v) is 6.94. The molecule has 0 fully saturated rings. The second-order valence-corrected chi connectivity index (χ2v) is 2.19. The summed E-state index contributed by atoms with van der Waals surface area (Å²) in [5, 5.41) is 0. The van der Waals surface area contributed by atoms with E-state index in [0.29, 0.717) is 5.69 Å². The fourth-order valence-corrected chi connectivity index (χ4v) is 0.657. The van der Waals surface area contributed by atoms with Crippen molar-refractivity contribution in [1.29, 1.82) is 0 Å². The predicted molar refractivity (Wildman–Crippen MR) is 44.0 cm³/mol. The van der Waals surface area contributed by atoms with Crippen molar-refractivity contribution in [1.82, 2.24) is 4.98 Å². The summed E-state index contributed by atoms with van der Waals surface area (Å²) in [6.45, 7) is 1.81. The highest BCUT2D eigenvalue weighted by Crippen LogP contribution is 2.04. The smallest absolute Gasteiger partial charge is 0.141 e. The Bertz CT molecular complexity index is 210. The maximum Gasteiger partial charge on any atom is 0.141 e. The molecule has 4 heteroatoms. The number of hydrogen-bond acceptors (Lipinski definition) is 2. The molecule has 0 bridgehead atoms. The summed E-state index contributed by atoms with van der Waals surface area (Å²) >= 11 is 0. The maximum absolute atomic E-state index is 12.2. The molecule has 62 valence electrons. The Morgan fingerprint density at radius 3 is 2.55 bits per heavy atom. The van der Waals surface area contributed by atoms with Crippen LogP contribution in [0.4, 0.5) is 4.39 Å². The molecule has 0 spiro atoms. The number of nitrogens with zero attached hydrogens (tertiary/aromatic N) is 1. The van der Waals surface area contributed by atoms with Gasteiger partial charge in [0.2, 0.25) is 0 Å². The number of rotatable bonds is 1. The van der Waals surface area contributed by atoms with E-state index in [1.807, 2.05) is 0 Å². The molecule has 0 radical (unpaired) electrons. The fraction of sp³-hybridized carbons (Fsp3) is 0.286. The lowest BCUT2D eigenvalue weighted by atomic mass is 10.2. The maximum atomic E-state index is 12.2. The molecule has 1 aromatic rings. The molecule has 1 aromatic heterocycles. The van der Waals surface area contributed by atoms with Crippen molar-refractivity contribution in [2.45, 2.75) is 13.0 Å². The summed E-state index contributed by atoms with van der Waals surface area (Å²) in [5.41, 5.74) is 6.19. The van der Waals surface area contributed by atoms with Crippen LogP contribution in [0.1, 0.15) is 18.7 Å². The average molecular weight is 177 g/mol. The van der Waals surface area contributed by atoms with Crippen LogP contribution in [-0.2, 0) is 0 Å². The molecule has 2 nitrogen and oxygen atoms in total. The van der Waals surface area contributed by atoms with Gasteiger partial charge in [0.1, 0.15) is 5.82 Å². The molecule has 11 heavy (non-hydrogen) atoms. The number of nitrogens with two attached hydrogens (primary N) is 1. The van der Waals surface area contributed by atoms with E-state index in [2.05, 4.69) is 4.98 Å². The molecule has 0 aromatic carbocycles. The first-order chi connectivity index (χ1) is 4.70. The number of aromatic nitrogens is 1. The SMILES string of the molecule is CC(N)c1ccc(F)cn1.Cl. The van der Waals surface area contributed by atoms with Crippen molar-refractivity contribution in [3.8, 4) is 0 Å². The van der Waals surface area contributed by atoms with Crippen LogP contribution in [0.5, 0.6) is 0 Å². The number of hydrogen-bond donors (Lipinski definition) is 1. The quantitative estimate of drug-likeness (QED) is 0.707. The standard InChI is InChI=1S/C7H9FN2.ClH/c1-5(9)7-3-2-6(8)4-10-7;/h2-5H,9H2,1H3;1H. The van der Waals surface area contributed by atoms with E-state index in [1.165, 1.54) is 12.3 Å². The molecular weight excluding hydrogens is 167 g/mol. The molecule has 0 saturated heterocycles. The summed E-state index contributed by atoms with van der Waals surface area (Å²) in [6.07, 6.45) is 1.17. The van der Waals surface area contributed by atoms with Gasteiger partial charge in [-0.05, 0) is 19.1 Å². The van der Waals surface area contributed by atoms with Crippen LogP contribution >= 0.6 is 12.4 Å². The van der Waals surface area contributed by atoms with Crippen LogP contribution in [0.2, 0.25) is 0 Å². The summed E-state index contributed by atoms with van der Waals surface area (Å²) in [7, 11) is 0. The lowest BCUT2D eigenvalue weighted by molar-refractivity contribution is 0.616. The molecule has 0 aliphatic heterocycles. The minimum absolute atomic E-state index is 0. The third-order valence-corrected chi connectivity index (χ3v) is 1.22. The predicted octanol–water partition coefficient (Wildman–Crippen LogP) is 1.66. The highest BCUT2D eigenvalue weighted by molar-refractivity contribution is 5.85. The minimum Gasteiger partial charge on any atom is -0.323 e. The van der Waals surface area contributed by atoms with Gasteiger partial charge in [-0.15, -0.1) is 12.4 Å². The molecule has 1 unspecified atom stereocenters. The molecule has 0 aliphatic rings. The first-order valence-electron chi connectivity index (χ1n) is 3.07. The van der Waals surface area contributed by atoms with E-state index in [0.717, 1.165) is 0 Å². The highest BCUT2D eigenvalue weighted by Gasteiger charge is 1.98. The summed E-state index contributed by atoms with van der Waals surface area (Å²) in [6, 6.07) is 2.81. The van der Waals surface area contributed by atoms with Gasteiger partial charge in [-0.2, -0.15) is 0 Å². The Hall–Kier alpha value is -0.670. The van der Waals surface area contributed by atoms with Gasteiger partial charge in [0, 0.05) is 6.04 Å². The highest BCUT2D eigenvalue weighted by atomic mass is 35.5. The zero-order chi connectivity index (χ0) is 7.56. The molecular formula is C7H10ClFN2. The van der Waals surface area contributed by atoms with Crippen LogP contribution < -0.4 is 5.73 Å².